The second kappa shape index (κ2) is 10.3. The van der Waals surface area contributed by atoms with Crippen LogP contribution >= 0.6 is 23.5 Å². The van der Waals surface area contributed by atoms with E-state index in [0.29, 0.717) is 25.0 Å². The van der Waals surface area contributed by atoms with Gasteiger partial charge in [0.15, 0.2) is 5.12 Å². The molecule has 162 valence electrons. The first-order valence-electron chi connectivity index (χ1n) is 10.0. The number of rotatable bonds is 6. The zero-order valence-corrected chi connectivity index (χ0v) is 18.4. The molecule has 1 aromatic rings. The van der Waals surface area contributed by atoms with Crippen LogP contribution in [0.4, 0.5) is 0 Å². The quantitative estimate of drug-likeness (QED) is 0.685. The number of benzene rings is 1. The van der Waals surface area contributed by atoms with Gasteiger partial charge >= 0.3 is 5.97 Å². The Hall–Kier alpha value is -2.00. The van der Waals surface area contributed by atoms with E-state index in [2.05, 4.69) is 5.32 Å². The zero-order valence-electron chi connectivity index (χ0n) is 16.8. The predicted molar refractivity (Wildman–Crippen MR) is 117 cm³/mol. The summed E-state index contributed by atoms with van der Waals surface area (Å²) in [5, 5.41) is 11.4. The molecule has 2 fully saturated rings. The van der Waals surface area contributed by atoms with Gasteiger partial charge in [-0.05, 0) is 43.4 Å². The topological polar surface area (TPSA) is 104 Å². The summed E-state index contributed by atoms with van der Waals surface area (Å²) in [6, 6.07) is 7.78. The summed E-state index contributed by atoms with van der Waals surface area (Å²) in [5.41, 5.74) is 0.927. The molecule has 2 unspecified atom stereocenters. The van der Waals surface area contributed by atoms with Crippen molar-refractivity contribution in [1.29, 1.82) is 0 Å². The van der Waals surface area contributed by atoms with Crippen molar-refractivity contribution in [2.75, 3.05) is 5.75 Å². The number of carbonyl (C=O) groups excluding carboxylic acids is 3. The van der Waals surface area contributed by atoms with E-state index in [9.17, 15) is 24.3 Å². The van der Waals surface area contributed by atoms with E-state index in [0.717, 1.165) is 30.2 Å². The van der Waals surface area contributed by atoms with Crippen LogP contribution in [-0.4, -0.2) is 61.4 Å². The predicted octanol–water partition coefficient (Wildman–Crippen LogP) is 2.29. The maximum atomic E-state index is 13.2. The molecule has 0 spiro atoms. The van der Waals surface area contributed by atoms with Crippen molar-refractivity contribution in [2.45, 2.75) is 61.7 Å². The molecule has 0 aliphatic carbocycles. The first kappa shape index (κ1) is 22.7. The van der Waals surface area contributed by atoms with E-state index in [1.165, 1.54) is 11.8 Å². The van der Waals surface area contributed by atoms with Crippen molar-refractivity contribution >= 4 is 46.4 Å². The summed E-state index contributed by atoms with van der Waals surface area (Å²) in [7, 11) is 0. The molecule has 2 aliphatic rings. The highest BCUT2D eigenvalue weighted by atomic mass is 32.2. The number of carboxylic acid groups (broad SMARTS) is 1. The Morgan fingerprint density at radius 2 is 1.97 bits per heavy atom. The SMILES string of the molecule is CC(=O)SC(Cc1ccccc1)C(=O)N[C@H]1CCSC2CCC[C@@H](C(=O)O)N2C1=O. The van der Waals surface area contributed by atoms with E-state index in [1.807, 2.05) is 30.3 Å². The fourth-order valence-corrected chi connectivity index (χ4v) is 6.15. The lowest BCUT2D eigenvalue weighted by atomic mass is 10.00. The summed E-state index contributed by atoms with van der Waals surface area (Å²) < 4.78 is 0. The van der Waals surface area contributed by atoms with Gasteiger partial charge in [0, 0.05) is 6.92 Å². The molecule has 2 aliphatic heterocycles. The molecule has 1 aromatic carbocycles. The molecule has 3 rings (SSSR count). The van der Waals surface area contributed by atoms with E-state index < -0.39 is 23.3 Å². The van der Waals surface area contributed by atoms with Crippen molar-refractivity contribution in [3.05, 3.63) is 35.9 Å². The number of amides is 2. The van der Waals surface area contributed by atoms with Crippen molar-refractivity contribution in [3.8, 4) is 0 Å². The van der Waals surface area contributed by atoms with Crippen LogP contribution in [-0.2, 0) is 25.6 Å². The minimum absolute atomic E-state index is 0.166. The number of hydrogen-bond acceptors (Lipinski definition) is 6. The lowest BCUT2D eigenvalue weighted by molar-refractivity contribution is -0.154. The number of piperidine rings is 1. The van der Waals surface area contributed by atoms with E-state index in [-0.39, 0.29) is 22.3 Å². The molecule has 0 aromatic heterocycles. The second-order valence-corrected chi connectivity index (χ2v) is 10.2. The second-order valence-electron chi connectivity index (χ2n) is 7.49. The van der Waals surface area contributed by atoms with E-state index >= 15 is 0 Å². The van der Waals surface area contributed by atoms with Gasteiger partial charge in [0.05, 0.1) is 10.6 Å². The minimum atomic E-state index is -1.00. The first-order valence-corrected chi connectivity index (χ1v) is 12.0. The Morgan fingerprint density at radius 1 is 1.23 bits per heavy atom. The van der Waals surface area contributed by atoms with Crippen LogP contribution in [0.2, 0.25) is 0 Å². The van der Waals surface area contributed by atoms with Gasteiger partial charge in [0.1, 0.15) is 12.1 Å². The van der Waals surface area contributed by atoms with Gasteiger partial charge in [-0.2, -0.15) is 0 Å². The number of carboxylic acids is 1. The highest BCUT2D eigenvalue weighted by Gasteiger charge is 2.43. The van der Waals surface area contributed by atoms with Crippen LogP contribution in [0.15, 0.2) is 30.3 Å². The van der Waals surface area contributed by atoms with Crippen LogP contribution in [0.25, 0.3) is 0 Å². The van der Waals surface area contributed by atoms with Crippen molar-refractivity contribution in [3.63, 3.8) is 0 Å². The largest absolute Gasteiger partial charge is 0.480 e. The molecule has 0 saturated carbocycles. The lowest BCUT2D eigenvalue weighted by Gasteiger charge is -2.39. The number of thioether (sulfide) groups is 2. The number of fused-ring (bicyclic) bond motifs is 1. The number of nitrogens with zero attached hydrogens (tertiary/aromatic N) is 1. The summed E-state index contributed by atoms with van der Waals surface area (Å²) in [6.45, 7) is 1.42. The Balaban J connectivity index is 1.74. The monoisotopic (exact) mass is 450 g/mol. The van der Waals surface area contributed by atoms with Crippen molar-refractivity contribution in [1.82, 2.24) is 10.2 Å². The normalized spacial score (nSPS) is 25.0. The van der Waals surface area contributed by atoms with Crippen LogP contribution in [0.3, 0.4) is 0 Å². The summed E-state index contributed by atoms with van der Waals surface area (Å²) in [5.74, 6) is -1.05. The van der Waals surface area contributed by atoms with Crippen molar-refractivity contribution in [2.24, 2.45) is 0 Å². The highest BCUT2D eigenvalue weighted by Crippen LogP contribution is 2.34. The molecule has 2 N–H and O–H groups in total. The standard InChI is InChI=1S/C21H26N2O5S2/c1-13(24)30-17(12-14-6-3-2-4-7-14)19(25)22-15-10-11-29-18-9-5-8-16(21(27)28)23(18)20(15)26/h2-4,6-7,15-18H,5,8-12H2,1H3,(H,22,25)(H,27,28)/t15-,16-,17?,18?/m0/s1. The molecule has 2 amide bonds. The van der Waals surface area contributed by atoms with Crippen LogP contribution < -0.4 is 5.32 Å². The van der Waals surface area contributed by atoms with Crippen LogP contribution in [0, 0.1) is 0 Å². The molecule has 30 heavy (non-hydrogen) atoms. The van der Waals surface area contributed by atoms with E-state index in [1.54, 1.807) is 11.8 Å². The van der Waals surface area contributed by atoms with Gasteiger partial charge in [-0.15, -0.1) is 11.8 Å². The van der Waals surface area contributed by atoms with Gasteiger partial charge in [0.25, 0.3) is 0 Å². The maximum absolute atomic E-state index is 13.2. The van der Waals surface area contributed by atoms with Gasteiger partial charge in [-0.3, -0.25) is 14.4 Å². The van der Waals surface area contributed by atoms with Gasteiger partial charge in [-0.1, -0.05) is 42.1 Å². The Kier molecular flexibility index (Phi) is 7.82. The molecular formula is C21H26N2O5S2. The van der Waals surface area contributed by atoms with Crippen LogP contribution in [0.1, 0.15) is 38.2 Å². The Bertz CT molecular complexity index is 804. The fraction of sp³-hybridized carbons (Fsp3) is 0.524. The average Bonchev–Trinajstić information content (AvgIpc) is 2.87. The third-order valence-electron chi connectivity index (χ3n) is 5.31. The number of hydrogen-bond donors (Lipinski definition) is 2. The molecule has 2 heterocycles. The maximum Gasteiger partial charge on any atom is 0.326 e. The molecule has 4 atom stereocenters. The van der Waals surface area contributed by atoms with Gasteiger partial charge in [-0.25, -0.2) is 4.79 Å². The number of nitrogens with one attached hydrogen (secondary N) is 1. The van der Waals surface area contributed by atoms with Gasteiger partial charge < -0.3 is 15.3 Å². The number of carbonyl (C=O) groups is 4. The average molecular weight is 451 g/mol. The molecule has 2 saturated heterocycles. The smallest absolute Gasteiger partial charge is 0.326 e. The van der Waals surface area contributed by atoms with Crippen molar-refractivity contribution < 1.29 is 24.3 Å². The highest BCUT2D eigenvalue weighted by molar-refractivity contribution is 8.14. The fourth-order valence-electron chi connectivity index (χ4n) is 3.91. The molecule has 0 radical (unpaired) electrons. The molecule has 7 nitrogen and oxygen atoms in total. The Morgan fingerprint density at radius 3 is 2.63 bits per heavy atom. The summed E-state index contributed by atoms with van der Waals surface area (Å²) >= 11 is 2.53. The molecular weight excluding hydrogens is 424 g/mol. The lowest BCUT2D eigenvalue weighted by Crippen LogP contribution is -2.57. The van der Waals surface area contributed by atoms with Gasteiger partial charge in [0.2, 0.25) is 11.8 Å². The molecule has 0 bridgehead atoms. The zero-order chi connectivity index (χ0) is 21.7. The third-order valence-corrected chi connectivity index (χ3v) is 7.63. The minimum Gasteiger partial charge on any atom is -0.480 e. The number of aliphatic carboxylic acids is 1. The van der Waals surface area contributed by atoms with Crippen LogP contribution in [0.5, 0.6) is 0 Å². The summed E-state index contributed by atoms with van der Waals surface area (Å²) in [4.78, 5) is 51.1. The molecule has 9 heteroatoms. The van der Waals surface area contributed by atoms with E-state index in [4.69, 9.17) is 0 Å². The first-order chi connectivity index (χ1) is 14.4. The Labute approximate surface area is 184 Å². The summed E-state index contributed by atoms with van der Waals surface area (Å²) in [6.07, 6.45) is 2.77. The third kappa shape index (κ3) is 5.57.